The van der Waals surface area contributed by atoms with Gasteiger partial charge < -0.3 is 9.13 Å². The summed E-state index contributed by atoms with van der Waals surface area (Å²) in [7, 11) is 0. The van der Waals surface area contributed by atoms with Gasteiger partial charge in [-0.2, -0.15) is 0 Å². The Morgan fingerprint density at radius 3 is 1.40 bits per heavy atom. The van der Waals surface area contributed by atoms with Crippen LogP contribution in [0.25, 0.3) is 111 Å². The van der Waals surface area contributed by atoms with Gasteiger partial charge in [-0.25, -0.2) is 15.0 Å². The average molecular weight is 740 g/mol. The second-order valence-corrected chi connectivity index (χ2v) is 14.9. The predicted molar refractivity (Wildman–Crippen MR) is 240 cm³/mol. The third kappa shape index (κ3) is 5.07. The van der Waals surface area contributed by atoms with Gasteiger partial charge in [0.15, 0.2) is 17.5 Å². The van der Waals surface area contributed by atoms with E-state index in [0.717, 1.165) is 39.1 Å². The van der Waals surface area contributed by atoms with Gasteiger partial charge in [0.2, 0.25) is 0 Å². The maximum Gasteiger partial charge on any atom is 0.166 e. The third-order valence-corrected chi connectivity index (χ3v) is 11.5. The first-order valence-electron chi connectivity index (χ1n) is 19.6. The molecule has 9 aromatic carbocycles. The molecule has 0 radical (unpaired) electrons. The molecule has 0 saturated heterocycles. The maximum absolute atomic E-state index is 5.19. The Bertz CT molecular complexity index is 3510. The van der Waals surface area contributed by atoms with Gasteiger partial charge in [0.1, 0.15) is 0 Å². The zero-order chi connectivity index (χ0) is 38.2. The van der Waals surface area contributed by atoms with Gasteiger partial charge in [0, 0.05) is 43.9 Å². The Balaban J connectivity index is 1.16. The van der Waals surface area contributed by atoms with Crippen LogP contribution in [0.2, 0.25) is 0 Å². The minimum Gasteiger partial charge on any atom is -0.309 e. The van der Waals surface area contributed by atoms with Crippen molar-refractivity contribution in [3.63, 3.8) is 0 Å². The zero-order valence-electron chi connectivity index (χ0n) is 31.3. The molecule has 3 aromatic heterocycles. The molecule has 0 aliphatic heterocycles. The van der Waals surface area contributed by atoms with Crippen LogP contribution in [0.3, 0.4) is 0 Å². The monoisotopic (exact) mass is 739 g/mol. The number of fused-ring (bicyclic) bond motifs is 8. The van der Waals surface area contributed by atoms with Gasteiger partial charge in [0.25, 0.3) is 0 Å². The van der Waals surface area contributed by atoms with Gasteiger partial charge in [-0.15, -0.1) is 0 Å². The molecule has 0 atom stereocenters. The fourth-order valence-corrected chi connectivity index (χ4v) is 8.81. The molecule has 0 unspecified atom stereocenters. The highest BCUT2D eigenvalue weighted by molar-refractivity contribution is 6.16. The quantitative estimate of drug-likeness (QED) is 0.177. The van der Waals surface area contributed by atoms with E-state index in [9.17, 15) is 0 Å². The summed E-state index contributed by atoms with van der Waals surface area (Å²) in [5.41, 5.74) is 9.45. The molecule has 0 fully saturated rings. The highest BCUT2D eigenvalue weighted by atomic mass is 15.1. The third-order valence-electron chi connectivity index (χ3n) is 11.5. The second kappa shape index (κ2) is 12.8. The lowest BCUT2D eigenvalue weighted by molar-refractivity contribution is 1.06. The lowest BCUT2D eigenvalue weighted by Gasteiger charge is -2.15. The Morgan fingerprint density at radius 1 is 0.293 bits per heavy atom. The number of aromatic nitrogens is 5. The van der Waals surface area contributed by atoms with Crippen LogP contribution in [-0.2, 0) is 0 Å². The van der Waals surface area contributed by atoms with Crippen molar-refractivity contribution in [2.45, 2.75) is 0 Å². The fourth-order valence-electron chi connectivity index (χ4n) is 8.81. The smallest absolute Gasteiger partial charge is 0.166 e. The van der Waals surface area contributed by atoms with Crippen LogP contribution in [0.5, 0.6) is 0 Å². The molecular formula is C53H33N5. The van der Waals surface area contributed by atoms with E-state index in [4.69, 9.17) is 15.0 Å². The van der Waals surface area contributed by atoms with Crippen LogP contribution in [-0.4, -0.2) is 24.1 Å². The minimum atomic E-state index is 0.615. The van der Waals surface area contributed by atoms with Gasteiger partial charge in [-0.3, -0.25) is 0 Å². The molecule has 3 heterocycles. The van der Waals surface area contributed by atoms with Gasteiger partial charge in [-0.05, 0) is 76.1 Å². The summed E-state index contributed by atoms with van der Waals surface area (Å²) >= 11 is 0. The summed E-state index contributed by atoms with van der Waals surface area (Å²) in [6, 6.07) is 71.1. The van der Waals surface area contributed by atoms with E-state index in [1.54, 1.807) is 0 Å². The van der Waals surface area contributed by atoms with Gasteiger partial charge in [0.05, 0.1) is 27.8 Å². The molecule has 12 rings (SSSR count). The van der Waals surface area contributed by atoms with Crippen molar-refractivity contribution in [1.29, 1.82) is 0 Å². The Hall–Kier alpha value is -7.89. The molecule has 270 valence electrons. The number of para-hydroxylation sites is 2. The second-order valence-electron chi connectivity index (χ2n) is 14.9. The van der Waals surface area contributed by atoms with E-state index < -0.39 is 0 Å². The summed E-state index contributed by atoms with van der Waals surface area (Å²) in [5, 5.41) is 9.69. The van der Waals surface area contributed by atoms with Crippen LogP contribution in [0, 0.1) is 0 Å². The van der Waals surface area contributed by atoms with Crippen LogP contribution < -0.4 is 0 Å². The molecule has 0 amide bonds. The van der Waals surface area contributed by atoms with E-state index >= 15 is 0 Å². The first kappa shape index (κ1) is 32.4. The summed E-state index contributed by atoms with van der Waals surface area (Å²) < 4.78 is 4.83. The van der Waals surface area contributed by atoms with Crippen LogP contribution >= 0.6 is 0 Å². The van der Waals surface area contributed by atoms with Crippen molar-refractivity contribution in [2.75, 3.05) is 0 Å². The van der Waals surface area contributed by atoms with E-state index in [1.165, 1.54) is 54.1 Å². The molecular weight excluding hydrogens is 707 g/mol. The molecule has 0 bridgehead atoms. The van der Waals surface area contributed by atoms with Crippen LogP contribution in [0.1, 0.15) is 0 Å². The normalized spacial score (nSPS) is 11.8. The van der Waals surface area contributed by atoms with Crippen molar-refractivity contribution >= 4 is 65.2 Å². The lowest BCUT2D eigenvalue weighted by Crippen LogP contribution is -2.03. The SMILES string of the molecule is c1ccc(-c2nc(-c3ccccc3)nc(-c3ccccc3-n3c4cc(-n5c6ccccc6c6cc7ccccc7cc65)ccc4c4cc5ccccc5cc43)n2)cc1. The highest BCUT2D eigenvalue weighted by Crippen LogP contribution is 2.41. The molecule has 5 nitrogen and oxygen atoms in total. The molecule has 0 saturated carbocycles. The first-order chi connectivity index (χ1) is 28.7. The molecule has 0 aliphatic carbocycles. The van der Waals surface area contributed by atoms with E-state index in [1.807, 2.05) is 36.4 Å². The van der Waals surface area contributed by atoms with Crippen LogP contribution in [0.15, 0.2) is 200 Å². The van der Waals surface area contributed by atoms with Gasteiger partial charge >= 0.3 is 0 Å². The predicted octanol–water partition coefficient (Wildman–Crippen LogP) is 13.4. The van der Waals surface area contributed by atoms with E-state index in [0.29, 0.717) is 17.5 Å². The first-order valence-corrected chi connectivity index (χ1v) is 19.6. The van der Waals surface area contributed by atoms with E-state index in [2.05, 4.69) is 173 Å². The standard InChI is InChI=1S/C53H33N5/c1-3-15-34(16-4-1)51-54-52(35-17-5-2-6-18-35)56-53(55-51)43-24-12-14-26-47(43)58-49-32-39-22-10-8-20-37(39)30-45(49)42-28-27-40(33-50(42)58)57-46-25-13-11-23-41(46)44-29-36-19-7-9-21-38(36)31-48(44)57/h1-33H. The topological polar surface area (TPSA) is 48.5 Å². The molecule has 58 heavy (non-hydrogen) atoms. The molecule has 5 heteroatoms. The maximum atomic E-state index is 5.19. The lowest BCUT2D eigenvalue weighted by atomic mass is 10.1. The number of hydrogen-bond donors (Lipinski definition) is 0. The van der Waals surface area contributed by atoms with E-state index in [-0.39, 0.29) is 0 Å². The summed E-state index contributed by atoms with van der Waals surface area (Å²) in [4.78, 5) is 15.4. The minimum absolute atomic E-state index is 0.615. The number of benzene rings is 9. The Labute approximate surface area is 333 Å². The van der Waals surface area contributed by atoms with Crippen molar-refractivity contribution < 1.29 is 0 Å². The summed E-state index contributed by atoms with van der Waals surface area (Å²) in [6.07, 6.45) is 0. The Morgan fingerprint density at radius 2 is 0.759 bits per heavy atom. The highest BCUT2D eigenvalue weighted by Gasteiger charge is 2.21. The molecule has 0 aliphatic rings. The average Bonchev–Trinajstić information content (AvgIpc) is 3.78. The van der Waals surface area contributed by atoms with Crippen molar-refractivity contribution in [3.8, 4) is 45.5 Å². The van der Waals surface area contributed by atoms with Crippen molar-refractivity contribution in [1.82, 2.24) is 24.1 Å². The summed E-state index contributed by atoms with van der Waals surface area (Å²) in [6.45, 7) is 0. The number of rotatable bonds is 5. The van der Waals surface area contributed by atoms with Crippen molar-refractivity contribution in [2.24, 2.45) is 0 Å². The zero-order valence-corrected chi connectivity index (χ0v) is 31.3. The number of nitrogens with zero attached hydrogens (tertiary/aromatic N) is 5. The molecule has 0 spiro atoms. The van der Waals surface area contributed by atoms with Crippen molar-refractivity contribution in [3.05, 3.63) is 200 Å². The van der Waals surface area contributed by atoms with Crippen LogP contribution in [0.4, 0.5) is 0 Å². The molecule has 0 N–H and O–H groups in total. The summed E-state index contributed by atoms with van der Waals surface area (Å²) in [5.74, 6) is 1.88. The Kier molecular flexibility index (Phi) is 7.16. The van der Waals surface area contributed by atoms with Gasteiger partial charge in [-0.1, -0.05) is 146 Å². The fraction of sp³-hybridized carbons (Fsp3) is 0. The largest absolute Gasteiger partial charge is 0.309 e. The number of hydrogen-bond acceptors (Lipinski definition) is 3. The molecule has 12 aromatic rings.